The number of phenols is 2. The van der Waals surface area contributed by atoms with Crippen molar-refractivity contribution in [3.63, 3.8) is 0 Å². The number of rotatable bonds is 7. The number of anilines is 2. The molecule has 14 nitrogen and oxygen atoms in total. The molecule has 266 valence electrons. The molecule has 0 spiro atoms. The molecule has 0 saturated heterocycles. The lowest BCUT2D eigenvalue weighted by Crippen LogP contribution is -2.01. The number of nitrogens with zero attached hydrogens (tertiary/aromatic N) is 4. The van der Waals surface area contributed by atoms with Crippen molar-refractivity contribution in [2.75, 3.05) is 11.5 Å². The van der Waals surface area contributed by atoms with Gasteiger partial charge in [-0.1, -0.05) is 24.3 Å². The highest BCUT2D eigenvalue weighted by Crippen LogP contribution is 2.44. The summed E-state index contributed by atoms with van der Waals surface area (Å²) < 4.78 is 69.3. The maximum atomic E-state index is 12.2. The van der Waals surface area contributed by atoms with E-state index in [1.54, 1.807) is 24.3 Å². The van der Waals surface area contributed by atoms with Gasteiger partial charge in [-0.25, -0.2) is 0 Å². The van der Waals surface area contributed by atoms with Gasteiger partial charge in [-0.2, -0.15) is 27.1 Å². The van der Waals surface area contributed by atoms with Crippen molar-refractivity contribution >= 4 is 121 Å². The summed E-state index contributed by atoms with van der Waals surface area (Å²) in [6.07, 6.45) is 0. The van der Waals surface area contributed by atoms with E-state index in [1.165, 1.54) is 24.3 Å². The van der Waals surface area contributed by atoms with Crippen LogP contribution in [-0.4, -0.2) is 36.2 Å². The summed E-state index contributed by atoms with van der Waals surface area (Å²) in [7, 11) is -9.40. The number of fused-ring (bicyclic) bond motifs is 2. The molecule has 0 saturated carbocycles. The molecular formula is C34H26I2N6O8S2. The second kappa shape index (κ2) is 13.8. The van der Waals surface area contributed by atoms with Crippen molar-refractivity contribution < 1.29 is 36.2 Å². The van der Waals surface area contributed by atoms with Crippen LogP contribution in [0.2, 0.25) is 0 Å². The van der Waals surface area contributed by atoms with Gasteiger partial charge >= 0.3 is 0 Å². The van der Waals surface area contributed by atoms with E-state index in [0.717, 1.165) is 23.3 Å². The molecule has 0 unspecified atom stereocenters. The smallest absolute Gasteiger partial charge is 0.295 e. The lowest BCUT2D eigenvalue weighted by molar-refractivity contribution is 0.476. The summed E-state index contributed by atoms with van der Waals surface area (Å²) in [5, 5.41) is 38.3. The van der Waals surface area contributed by atoms with Crippen molar-refractivity contribution in [1.29, 1.82) is 0 Å². The maximum Gasteiger partial charge on any atom is 0.295 e. The average Bonchev–Trinajstić information content (AvgIpc) is 3.07. The van der Waals surface area contributed by atoms with Crippen LogP contribution in [0, 0.1) is 21.0 Å². The molecule has 0 amide bonds. The molecule has 6 rings (SSSR count). The monoisotopic (exact) mass is 964 g/mol. The van der Waals surface area contributed by atoms with Gasteiger partial charge in [0.05, 0.1) is 40.7 Å². The fraction of sp³-hybridized carbons (Fsp3) is 0.0588. The first-order chi connectivity index (χ1) is 24.4. The van der Waals surface area contributed by atoms with Crippen molar-refractivity contribution in [2.24, 2.45) is 20.5 Å². The summed E-state index contributed by atoms with van der Waals surface area (Å²) >= 11 is 3.75. The van der Waals surface area contributed by atoms with Crippen LogP contribution in [0.3, 0.4) is 0 Å². The van der Waals surface area contributed by atoms with Crippen molar-refractivity contribution in [3.05, 3.63) is 91.1 Å². The second-order valence-corrected chi connectivity index (χ2v) is 16.7. The molecule has 8 N–H and O–H groups in total. The molecule has 0 aliphatic heterocycles. The Balaban J connectivity index is 1.31. The SMILES string of the molecule is Cc1cc(-c2ccc(/N=N/c3cc(S(=O)(=O)O)c4ccc(I)c(O)c4c3N)c(C)c2)ccc1/N=N/c1cc(S(=O)(=O)O)c2ccc(I)c(O)c2c1N. The summed E-state index contributed by atoms with van der Waals surface area (Å²) in [4.78, 5) is -0.944. The molecule has 0 bridgehead atoms. The molecule has 18 heteroatoms. The summed E-state index contributed by atoms with van der Waals surface area (Å²) in [5.41, 5.74) is 16.4. The number of phenolic OH excluding ortho intramolecular Hbond substituents is 2. The average molecular weight is 965 g/mol. The Morgan fingerprint density at radius 3 is 1.21 bits per heavy atom. The summed E-state index contributed by atoms with van der Waals surface area (Å²) in [5.74, 6) is -0.500. The van der Waals surface area contributed by atoms with Gasteiger partial charge in [0.15, 0.2) is 0 Å². The first-order valence-electron chi connectivity index (χ1n) is 14.8. The minimum absolute atomic E-state index is 0.0146. The van der Waals surface area contributed by atoms with E-state index in [-0.39, 0.29) is 55.8 Å². The van der Waals surface area contributed by atoms with Crippen LogP contribution < -0.4 is 11.5 Å². The molecule has 0 aliphatic carbocycles. The van der Waals surface area contributed by atoms with Crippen molar-refractivity contribution in [2.45, 2.75) is 23.6 Å². The van der Waals surface area contributed by atoms with E-state index < -0.39 is 30.0 Å². The Kier molecular flexibility index (Phi) is 9.91. The zero-order valence-corrected chi connectivity index (χ0v) is 32.8. The van der Waals surface area contributed by atoms with Crippen LogP contribution >= 0.6 is 45.2 Å². The topological polar surface area (TPSA) is 251 Å². The first kappa shape index (κ1) is 37.3. The largest absolute Gasteiger partial charge is 0.506 e. The van der Waals surface area contributed by atoms with Gasteiger partial charge in [-0.3, -0.25) is 9.11 Å². The van der Waals surface area contributed by atoms with Crippen molar-refractivity contribution in [1.82, 2.24) is 0 Å². The van der Waals surface area contributed by atoms with Crippen LogP contribution in [0.15, 0.2) is 103 Å². The number of halogens is 2. The Labute approximate surface area is 324 Å². The second-order valence-electron chi connectivity index (χ2n) is 11.6. The molecular weight excluding hydrogens is 938 g/mol. The lowest BCUT2D eigenvalue weighted by Gasteiger charge is -2.12. The molecule has 0 radical (unpaired) electrons. The molecule has 0 heterocycles. The normalized spacial score (nSPS) is 12.5. The predicted octanol–water partition coefficient (Wildman–Crippen LogP) is 9.39. The Morgan fingerprint density at radius 1 is 0.538 bits per heavy atom. The van der Waals surface area contributed by atoms with Crippen LogP contribution in [0.1, 0.15) is 11.1 Å². The number of nitrogen functional groups attached to an aromatic ring is 2. The molecule has 0 atom stereocenters. The summed E-state index contributed by atoms with van der Waals surface area (Å²) in [6.45, 7) is 3.62. The fourth-order valence-electron chi connectivity index (χ4n) is 5.61. The fourth-order valence-corrected chi connectivity index (χ4v) is 7.92. The Bertz CT molecular complexity index is 2600. The number of aryl methyl sites for hydroxylation is 2. The van der Waals surface area contributed by atoms with E-state index in [1.807, 2.05) is 71.2 Å². The van der Waals surface area contributed by atoms with Crippen LogP contribution in [0.4, 0.5) is 34.1 Å². The molecule has 0 aromatic heterocycles. The number of azo groups is 2. The van der Waals surface area contributed by atoms with Crippen LogP contribution in [0.5, 0.6) is 11.5 Å². The van der Waals surface area contributed by atoms with Gasteiger partial charge < -0.3 is 21.7 Å². The van der Waals surface area contributed by atoms with E-state index in [4.69, 9.17) is 11.5 Å². The Morgan fingerprint density at radius 2 is 0.885 bits per heavy atom. The standard InChI is InChI=1S/C34H26I2N6O8S2/c1-15-11-17(3-9-23(15)39-41-25-13-27(51(45,46)47)19-5-7-21(35)33(43)29(19)31(25)37)18-4-10-24(16(2)12-18)40-42-26-14-28(52(48,49)50)20-6-8-22(36)34(44)30(20)32(26)38/h3-14,43-44H,37-38H2,1-2H3,(H,45,46,47)(H,48,49,50)/b41-39+,42-40+. The molecule has 6 aromatic rings. The minimum atomic E-state index is -4.70. The lowest BCUT2D eigenvalue weighted by atomic mass is 10.0. The highest BCUT2D eigenvalue weighted by atomic mass is 127. The van der Waals surface area contributed by atoms with Gasteiger partial charge in [0, 0.05) is 10.8 Å². The van der Waals surface area contributed by atoms with Gasteiger partial charge in [0.2, 0.25) is 0 Å². The van der Waals surface area contributed by atoms with Crippen LogP contribution in [-0.2, 0) is 20.2 Å². The van der Waals surface area contributed by atoms with E-state index in [0.29, 0.717) is 29.6 Å². The number of hydrogen-bond acceptors (Lipinski definition) is 12. The van der Waals surface area contributed by atoms with E-state index in [2.05, 4.69) is 20.5 Å². The third-order valence-electron chi connectivity index (χ3n) is 8.23. The highest BCUT2D eigenvalue weighted by molar-refractivity contribution is 14.1. The van der Waals surface area contributed by atoms with Crippen molar-refractivity contribution in [3.8, 4) is 22.6 Å². The number of benzene rings is 6. The minimum Gasteiger partial charge on any atom is -0.506 e. The first-order valence-corrected chi connectivity index (χ1v) is 19.9. The molecule has 52 heavy (non-hydrogen) atoms. The highest BCUT2D eigenvalue weighted by Gasteiger charge is 2.23. The Hall–Kier alpha value is -4.48. The van der Waals surface area contributed by atoms with Gasteiger partial charge in [-0.15, -0.1) is 10.2 Å². The quantitative estimate of drug-likeness (QED) is 0.0383. The summed E-state index contributed by atoms with van der Waals surface area (Å²) in [6, 6.07) is 18.8. The molecule has 0 fully saturated rings. The number of hydrogen-bond donors (Lipinski definition) is 6. The predicted molar refractivity (Wildman–Crippen MR) is 215 cm³/mol. The third-order valence-corrected chi connectivity index (χ3v) is 11.8. The van der Waals surface area contributed by atoms with E-state index >= 15 is 0 Å². The van der Waals surface area contributed by atoms with Crippen LogP contribution in [0.25, 0.3) is 32.7 Å². The third kappa shape index (κ3) is 7.00. The maximum absolute atomic E-state index is 12.2. The molecule has 0 aliphatic rings. The number of aromatic hydroxyl groups is 2. The number of nitrogens with two attached hydrogens (primary N) is 2. The van der Waals surface area contributed by atoms with E-state index in [9.17, 15) is 36.2 Å². The van der Waals surface area contributed by atoms with Gasteiger partial charge in [-0.05, 0) is 130 Å². The van der Waals surface area contributed by atoms with Gasteiger partial charge in [0.1, 0.15) is 32.7 Å². The zero-order chi connectivity index (χ0) is 37.9. The van der Waals surface area contributed by atoms with Gasteiger partial charge in [0.25, 0.3) is 20.2 Å². The molecule has 6 aromatic carbocycles. The zero-order valence-electron chi connectivity index (χ0n) is 26.9.